The van der Waals surface area contributed by atoms with Crippen LogP contribution in [0.25, 0.3) is 0 Å². The van der Waals surface area contributed by atoms with Crippen molar-refractivity contribution in [2.75, 3.05) is 24.5 Å². The van der Waals surface area contributed by atoms with Crippen molar-refractivity contribution in [3.63, 3.8) is 0 Å². The molecule has 2 aliphatic heterocycles. The number of carbonyl (C=O) groups excluding carboxylic acids is 1. The normalized spacial score (nSPS) is 21.0. The van der Waals surface area contributed by atoms with E-state index in [2.05, 4.69) is 4.98 Å². The Labute approximate surface area is 172 Å². The van der Waals surface area contributed by atoms with Crippen molar-refractivity contribution in [1.82, 2.24) is 9.88 Å². The molecule has 0 bridgehead atoms. The third-order valence-electron chi connectivity index (χ3n) is 5.67. The van der Waals surface area contributed by atoms with E-state index in [1.807, 2.05) is 11.0 Å². The Balaban J connectivity index is 1.58. The molecule has 2 fully saturated rings. The molecule has 3 heterocycles. The van der Waals surface area contributed by atoms with Crippen molar-refractivity contribution in [2.24, 2.45) is 5.92 Å². The van der Waals surface area contributed by atoms with Crippen LogP contribution in [0, 0.1) is 17.2 Å². The highest BCUT2D eigenvalue weighted by molar-refractivity contribution is 7.91. The second-order valence-corrected chi connectivity index (χ2v) is 9.22. The SMILES string of the molecule is N#Cc1ccc(N2CC3CCN(C(=O)c4ccccc4S(=O)(=O)C(F)F)C3C2)nc1. The first-order chi connectivity index (χ1) is 14.3. The zero-order valence-electron chi connectivity index (χ0n) is 15.8. The van der Waals surface area contributed by atoms with Crippen LogP contribution in [0.15, 0.2) is 47.5 Å². The number of alkyl halides is 2. The van der Waals surface area contributed by atoms with E-state index in [9.17, 15) is 22.0 Å². The minimum Gasteiger partial charge on any atom is -0.354 e. The molecule has 1 aromatic carbocycles. The third-order valence-corrected chi connectivity index (χ3v) is 7.11. The quantitative estimate of drug-likeness (QED) is 0.736. The van der Waals surface area contributed by atoms with Crippen molar-refractivity contribution in [2.45, 2.75) is 23.1 Å². The van der Waals surface area contributed by atoms with Gasteiger partial charge in [0.2, 0.25) is 9.84 Å². The van der Waals surface area contributed by atoms with Gasteiger partial charge in [0.15, 0.2) is 0 Å². The fraction of sp³-hybridized carbons (Fsp3) is 0.350. The summed E-state index contributed by atoms with van der Waals surface area (Å²) in [5.41, 5.74) is 0.222. The first-order valence-corrected chi connectivity index (χ1v) is 10.9. The highest BCUT2D eigenvalue weighted by Crippen LogP contribution is 2.35. The average molecular weight is 432 g/mol. The number of hydrogen-bond donors (Lipinski definition) is 0. The highest BCUT2D eigenvalue weighted by Gasteiger charge is 2.45. The lowest BCUT2D eigenvalue weighted by Crippen LogP contribution is -2.40. The summed E-state index contributed by atoms with van der Waals surface area (Å²) in [6.07, 6.45) is 2.21. The van der Waals surface area contributed by atoms with Gasteiger partial charge in [0.05, 0.1) is 22.1 Å². The minimum absolute atomic E-state index is 0.169. The van der Waals surface area contributed by atoms with Crippen LogP contribution in [0.5, 0.6) is 0 Å². The number of halogens is 2. The number of anilines is 1. The van der Waals surface area contributed by atoms with Gasteiger partial charge in [-0.3, -0.25) is 4.79 Å². The molecule has 2 aliphatic rings. The number of nitriles is 1. The number of sulfone groups is 1. The first kappa shape index (κ1) is 20.2. The molecule has 2 atom stereocenters. The van der Waals surface area contributed by atoms with Gasteiger partial charge >= 0.3 is 5.76 Å². The van der Waals surface area contributed by atoms with Crippen molar-refractivity contribution in [3.05, 3.63) is 53.7 Å². The van der Waals surface area contributed by atoms with E-state index in [1.165, 1.54) is 24.4 Å². The third kappa shape index (κ3) is 3.39. The van der Waals surface area contributed by atoms with E-state index in [0.29, 0.717) is 31.0 Å². The number of rotatable bonds is 4. The maximum atomic E-state index is 13.2. The summed E-state index contributed by atoms with van der Waals surface area (Å²) >= 11 is 0. The Bertz CT molecular complexity index is 1120. The fourth-order valence-electron chi connectivity index (χ4n) is 4.18. The van der Waals surface area contributed by atoms with Gasteiger partial charge in [-0.2, -0.15) is 14.0 Å². The predicted molar refractivity (Wildman–Crippen MR) is 104 cm³/mol. The Morgan fingerprint density at radius 1 is 1.20 bits per heavy atom. The van der Waals surface area contributed by atoms with Gasteiger partial charge < -0.3 is 9.80 Å². The standard InChI is InChI=1S/C20H18F2N4O3S/c21-20(22)30(28,29)17-4-2-1-3-15(17)19(27)26-8-7-14-11-25(12-16(14)26)18-6-5-13(9-23)10-24-18/h1-6,10,14,16,20H,7-8,11-12H2. The van der Waals surface area contributed by atoms with Crippen molar-refractivity contribution in [1.29, 1.82) is 5.26 Å². The largest absolute Gasteiger partial charge is 0.354 e. The average Bonchev–Trinajstić information content (AvgIpc) is 3.34. The Kier molecular flexibility index (Phi) is 5.15. The van der Waals surface area contributed by atoms with E-state index in [1.54, 1.807) is 17.0 Å². The van der Waals surface area contributed by atoms with Crippen LogP contribution in [0.4, 0.5) is 14.6 Å². The topological polar surface area (TPSA) is 94.4 Å². The number of carbonyl (C=O) groups is 1. The van der Waals surface area contributed by atoms with Crippen LogP contribution in [0.1, 0.15) is 22.3 Å². The molecule has 2 saturated heterocycles. The van der Waals surface area contributed by atoms with E-state index >= 15 is 0 Å². The molecule has 2 aromatic rings. The van der Waals surface area contributed by atoms with Gasteiger partial charge in [0, 0.05) is 31.7 Å². The number of benzene rings is 1. The molecule has 30 heavy (non-hydrogen) atoms. The van der Waals surface area contributed by atoms with Crippen LogP contribution >= 0.6 is 0 Å². The number of aromatic nitrogens is 1. The van der Waals surface area contributed by atoms with Crippen LogP contribution in [-0.4, -0.2) is 55.6 Å². The summed E-state index contributed by atoms with van der Waals surface area (Å²) in [6, 6.07) is 10.4. The van der Waals surface area contributed by atoms with Gasteiger partial charge in [-0.05, 0) is 30.7 Å². The second-order valence-electron chi connectivity index (χ2n) is 7.34. The maximum absolute atomic E-state index is 13.2. The van der Waals surface area contributed by atoms with E-state index in [0.717, 1.165) is 12.5 Å². The second kappa shape index (κ2) is 7.65. The number of amides is 1. The fourth-order valence-corrected chi connectivity index (χ4v) is 5.10. The van der Waals surface area contributed by atoms with Crippen molar-refractivity contribution in [3.8, 4) is 6.07 Å². The minimum atomic E-state index is -4.89. The van der Waals surface area contributed by atoms with E-state index < -0.39 is 26.4 Å². The molecule has 2 unspecified atom stereocenters. The van der Waals surface area contributed by atoms with E-state index in [4.69, 9.17) is 5.26 Å². The lowest BCUT2D eigenvalue weighted by Gasteiger charge is -2.26. The molecule has 1 amide bonds. The lowest BCUT2D eigenvalue weighted by atomic mass is 10.0. The molecular weight excluding hydrogens is 414 g/mol. The lowest BCUT2D eigenvalue weighted by molar-refractivity contribution is 0.0734. The molecule has 7 nitrogen and oxygen atoms in total. The predicted octanol–water partition coefficient (Wildman–Crippen LogP) is 2.30. The maximum Gasteiger partial charge on any atom is 0.341 e. The summed E-state index contributed by atoms with van der Waals surface area (Å²) in [6.45, 7) is 1.61. The van der Waals surface area contributed by atoms with Gasteiger partial charge in [0.1, 0.15) is 11.9 Å². The molecular formula is C20H18F2N4O3S. The molecule has 1 aromatic heterocycles. The molecule has 4 rings (SSSR count). The molecule has 0 radical (unpaired) electrons. The number of hydrogen-bond acceptors (Lipinski definition) is 6. The van der Waals surface area contributed by atoms with Crippen LogP contribution in [0.3, 0.4) is 0 Å². The number of pyridine rings is 1. The Morgan fingerprint density at radius 3 is 2.63 bits per heavy atom. The Hall–Kier alpha value is -3.06. The summed E-state index contributed by atoms with van der Waals surface area (Å²) in [4.78, 5) is 20.4. The molecule has 0 saturated carbocycles. The summed E-state index contributed by atoms with van der Waals surface area (Å²) in [5, 5.41) is 8.91. The van der Waals surface area contributed by atoms with Crippen LogP contribution < -0.4 is 4.90 Å². The molecule has 156 valence electrons. The number of fused-ring (bicyclic) bond motifs is 1. The number of nitrogens with zero attached hydrogens (tertiary/aromatic N) is 4. The monoisotopic (exact) mass is 432 g/mol. The van der Waals surface area contributed by atoms with Crippen molar-refractivity contribution < 1.29 is 22.0 Å². The summed E-state index contributed by atoms with van der Waals surface area (Å²) in [5.74, 6) is -3.29. The Morgan fingerprint density at radius 2 is 1.97 bits per heavy atom. The van der Waals surface area contributed by atoms with Gasteiger partial charge in [-0.1, -0.05) is 12.1 Å². The number of likely N-dealkylation sites (tertiary alicyclic amines) is 1. The van der Waals surface area contributed by atoms with Gasteiger partial charge in [0.25, 0.3) is 5.91 Å². The highest BCUT2D eigenvalue weighted by atomic mass is 32.2. The molecule has 0 N–H and O–H groups in total. The van der Waals surface area contributed by atoms with Crippen molar-refractivity contribution >= 4 is 21.6 Å². The molecule has 10 heteroatoms. The van der Waals surface area contributed by atoms with Crippen LogP contribution in [-0.2, 0) is 9.84 Å². The van der Waals surface area contributed by atoms with E-state index in [-0.39, 0.29) is 17.5 Å². The van der Waals surface area contributed by atoms with Crippen LogP contribution in [0.2, 0.25) is 0 Å². The zero-order valence-corrected chi connectivity index (χ0v) is 16.6. The first-order valence-electron chi connectivity index (χ1n) is 9.36. The van der Waals surface area contributed by atoms with Gasteiger partial charge in [-0.15, -0.1) is 0 Å². The molecule has 0 aliphatic carbocycles. The summed E-state index contributed by atoms with van der Waals surface area (Å²) in [7, 11) is -4.89. The molecule has 0 spiro atoms. The zero-order chi connectivity index (χ0) is 21.5. The summed E-state index contributed by atoms with van der Waals surface area (Å²) < 4.78 is 50.2. The van der Waals surface area contributed by atoms with Gasteiger partial charge in [-0.25, -0.2) is 13.4 Å². The smallest absolute Gasteiger partial charge is 0.341 e.